The highest BCUT2D eigenvalue weighted by atomic mass is 35.5. The number of nitrogens with zero attached hydrogens (tertiary/aromatic N) is 1. The molecule has 3 heteroatoms. The van der Waals surface area contributed by atoms with Gasteiger partial charge in [0, 0.05) is 22.2 Å². The van der Waals surface area contributed by atoms with Crippen molar-refractivity contribution in [3.05, 3.63) is 101 Å². The summed E-state index contributed by atoms with van der Waals surface area (Å²) in [5.41, 5.74) is 2.97. The maximum atomic E-state index is 11.7. The van der Waals surface area contributed by atoms with Crippen LogP contribution in [-0.2, 0) is 0 Å². The van der Waals surface area contributed by atoms with Gasteiger partial charge in [-0.1, -0.05) is 54.1 Å². The van der Waals surface area contributed by atoms with Gasteiger partial charge in [-0.05, 0) is 25.1 Å². The number of Topliss-reactive ketones (excluding diaryl/α,β-unsaturated/α-hetero) is 1. The number of carbonyl (C=O) groups is 1. The molecule has 3 rings (SSSR count). The molecule has 0 aliphatic carbocycles. The van der Waals surface area contributed by atoms with Crippen molar-refractivity contribution >= 4 is 17.4 Å². The van der Waals surface area contributed by atoms with Gasteiger partial charge in [0.25, 0.3) is 0 Å². The summed E-state index contributed by atoms with van der Waals surface area (Å²) in [5, 5.41) is 0.711. The van der Waals surface area contributed by atoms with Gasteiger partial charge in [-0.3, -0.25) is 4.79 Å². The summed E-state index contributed by atoms with van der Waals surface area (Å²) < 4.78 is 2.06. The Morgan fingerprint density at radius 3 is 2.22 bits per heavy atom. The standard InChI is InChI=1S/C20H17ClNO/c1-15(23)18-8-5-13-22(14-18)20(16-6-3-2-4-7-16)17-9-11-19(21)12-10-17/h2-14,20H,1H3/q+1/t20-/m1/s1. The van der Waals surface area contributed by atoms with E-state index in [4.69, 9.17) is 11.6 Å². The largest absolute Gasteiger partial charge is 0.294 e. The molecule has 0 radical (unpaired) electrons. The summed E-state index contributed by atoms with van der Waals surface area (Å²) in [7, 11) is 0. The molecular formula is C20H17ClNO+. The van der Waals surface area contributed by atoms with E-state index in [-0.39, 0.29) is 11.8 Å². The predicted octanol–water partition coefficient (Wildman–Crippen LogP) is 4.47. The third kappa shape index (κ3) is 3.49. The van der Waals surface area contributed by atoms with Crippen molar-refractivity contribution in [1.29, 1.82) is 0 Å². The Balaban J connectivity index is 2.14. The lowest BCUT2D eigenvalue weighted by Gasteiger charge is -2.14. The number of hydrogen-bond donors (Lipinski definition) is 0. The third-order valence-electron chi connectivity index (χ3n) is 3.83. The highest BCUT2D eigenvalue weighted by molar-refractivity contribution is 6.30. The molecule has 23 heavy (non-hydrogen) atoms. The lowest BCUT2D eigenvalue weighted by atomic mass is 9.98. The van der Waals surface area contributed by atoms with E-state index in [0.29, 0.717) is 10.6 Å². The zero-order valence-electron chi connectivity index (χ0n) is 12.8. The first-order valence-corrected chi connectivity index (χ1v) is 7.85. The van der Waals surface area contributed by atoms with Gasteiger partial charge in [-0.25, -0.2) is 0 Å². The van der Waals surface area contributed by atoms with Gasteiger partial charge in [0.15, 0.2) is 18.2 Å². The highest BCUT2D eigenvalue weighted by Crippen LogP contribution is 2.23. The van der Waals surface area contributed by atoms with Crippen molar-refractivity contribution in [3.63, 3.8) is 0 Å². The fourth-order valence-corrected chi connectivity index (χ4v) is 2.80. The Morgan fingerprint density at radius 1 is 0.913 bits per heavy atom. The van der Waals surface area contributed by atoms with Crippen LogP contribution in [-0.4, -0.2) is 5.78 Å². The molecule has 0 aliphatic rings. The van der Waals surface area contributed by atoms with Crippen LogP contribution in [0.5, 0.6) is 0 Å². The summed E-state index contributed by atoms with van der Waals surface area (Å²) in [4.78, 5) is 11.7. The first-order valence-electron chi connectivity index (χ1n) is 7.47. The average molecular weight is 323 g/mol. The number of rotatable bonds is 4. The molecule has 1 heterocycles. The van der Waals surface area contributed by atoms with Gasteiger partial charge in [0.2, 0.25) is 6.04 Å². The van der Waals surface area contributed by atoms with Crippen LogP contribution in [0.15, 0.2) is 79.1 Å². The quantitative estimate of drug-likeness (QED) is 0.513. The number of halogens is 1. The number of pyridine rings is 1. The lowest BCUT2D eigenvalue weighted by molar-refractivity contribution is -0.705. The van der Waals surface area contributed by atoms with E-state index in [1.54, 1.807) is 6.92 Å². The molecule has 0 N–H and O–H groups in total. The maximum Gasteiger partial charge on any atom is 0.208 e. The first-order chi connectivity index (χ1) is 11.1. The Kier molecular flexibility index (Phi) is 4.54. The van der Waals surface area contributed by atoms with Crippen molar-refractivity contribution in [2.24, 2.45) is 0 Å². The SMILES string of the molecule is CC(=O)c1ccc[n+]([C@H](c2ccccc2)c2ccc(Cl)cc2)c1. The number of carbonyl (C=O) groups excluding carboxylic acids is 1. The van der Waals surface area contributed by atoms with E-state index >= 15 is 0 Å². The molecule has 0 bridgehead atoms. The van der Waals surface area contributed by atoms with E-state index in [9.17, 15) is 4.79 Å². The molecule has 0 saturated carbocycles. The van der Waals surface area contributed by atoms with Crippen molar-refractivity contribution in [2.75, 3.05) is 0 Å². The van der Waals surface area contributed by atoms with Gasteiger partial charge in [-0.2, -0.15) is 4.57 Å². The molecule has 3 aromatic rings. The molecule has 0 aliphatic heterocycles. The minimum atomic E-state index is -0.00670. The average Bonchev–Trinajstić information content (AvgIpc) is 2.58. The topological polar surface area (TPSA) is 20.9 Å². The Bertz CT molecular complexity index is 813. The summed E-state index contributed by atoms with van der Waals surface area (Å²) in [6.45, 7) is 1.58. The molecular weight excluding hydrogens is 306 g/mol. The minimum absolute atomic E-state index is 0.00670. The number of benzene rings is 2. The van der Waals surface area contributed by atoms with Gasteiger partial charge in [-0.15, -0.1) is 0 Å². The van der Waals surface area contributed by atoms with E-state index in [0.717, 1.165) is 11.1 Å². The minimum Gasteiger partial charge on any atom is -0.294 e. The molecule has 0 unspecified atom stereocenters. The molecule has 1 aromatic heterocycles. The van der Waals surface area contributed by atoms with Crippen molar-refractivity contribution in [2.45, 2.75) is 13.0 Å². The third-order valence-corrected chi connectivity index (χ3v) is 4.08. The number of hydrogen-bond acceptors (Lipinski definition) is 1. The molecule has 1 atom stereocenters. The van der Waals surface area contributed by atoms with E-state index in [2.05, 4.69) is 16.7 Å². The van der Waals surface area contributed by atoms with Crippen LogP contribution in [0.3, 0.4) is 0 Å². The van der Waals surface area contributed by atoms with Gasteiger partial charge >= 0.3 is 0 Å². The van der Waals surface area contributed by atoms with Crippen LogP contribution >= 0.6 is 11.6 Å². The summed E-state index contributed by atoms with van der Waals surface area (Å²) in [5.74, 6) is 0.0577. The Morgan fingerprint density at radius 2 is 1.57 bits per heavy atom. The molecule has 2 nitrogen and oxygen atoms in total. The fraction of sp³-hybridized carbons (Fsp3) is 0.100. The predicted molar refractivity (Wildman–Crippen MR) is 91.8 cm³/mol. The van der Waals surface area contributed by atoms with Crippen LogP contribution in [0.25, 0.3) is 0 Å². The second-order valence-electron chi connectivity index (χ2n) is 5.46. The molecule has 114 valence electrons. The fourth-order valence-electron chi connectivity index (χ4n) is 2.68. The molecule has 2 aromatic carbocycles. The number of ketones is 1. The van der Waals surface area contributed by atoms with E-state index in [1.807, 2.05) is 67.0 Å². The second kappa shape index (κ2) is 6.76. The van der Waals surface area contributed by atoms with Crippen LogP contribution in [0.4, 0.5) is 0 Å². The number of aromatic nitrogens is 1. The molecule has 0 spiro atoms. The monoisotopic (exact) mass is 322 g/mol. The summed E-state index contributed by atoms with van der Waals surface area (Å²) in [6, 6.07) is 21.8. The zero-order valence-corrected chi connectivity index (χ0v) is 13.6. The van der Waals surface area contributed by atoms with Gasteiger partial charge in [0.05, 0.1) is 5.56 Å². The van der Waals surface area contributed by atoms with E-state index in [1.165, 1.54) is 0 Å². The summed E-state index contributed by atoms with van der Waals surface area (Å²) >= 11 is 6.02. The van der Waals surface area contributed by atoms with Crippen molar-refractivity contribution in [3.8, 4) is 0 Å². The van der Waals surface area contributed by atoms with Crippen LogP contribution in [0.1, 0.15) is 34.5 Å². The molecule has 0 amide bonds. The van der Waals surface area contributed by atoms with Crippen LogP contribution < -0.4 is 4.57 Å². The maximum absolute atomic E-state index is 11.7. The van der Waals surface area contributed by atoms with Crippen LogP contribution in [0, 0.1) is 0 Å². The Labute approximate surface area is 141 Å². The highest BCUT2D eigenvalue weighted by Gasteiger charge is 2.24. The first kappa shape index (κ1) is 15.4. The van der Waals surface area contributed by atoms with Crippen molar-refractivity contribution in [1.82, 2.24) is 0 Å². The van der Waals surface area contributed by atoms with Gasteiger partial charge < -0.3 is 0 Å². The zero-order chi connectivity index (χ0) is 16.2. The van der Waals surface area contributed by atoms with Gasteiger partial charge in [0.1, 0.15) is 0 Å². The molecule has 0 fully saturated rings. The van der Waals surface area contributed by atoms with Crippen molar-refractivity contribution < 1.29 is 9.36 Å². The molecule has 0 saturated heterocycles. The normalized spacial score (nSPS) is 11.9. The van der Waals surface area contributed by atoms with E-state index < -0.39 is 0 Å². The second-order valence-corrected chi connectivity index (χ2v) is 5.90. The summed E-state index contributed by atoms with van der Waals surface area (Å²) in [6.07, 6.45) is 3.88. The Hall–Kier alpha value is -2.45. The smallest absolute Gasteiger partial charge is 0.208 e. The lowest BCUT2D eigenvalue weighted by Crippen LogP contribution is -2.40. The van der Waals surface area contributed by atoms with Crippen LogP contribution in [0.2, 0.25) is 5.02 Å².